The van der Waals surface area contributed by atoms with E-state index in [0.717, 1.165) is 16.4 Å². The Hall–Kier alpha value is -1.80. The normalized spacial score (nSPS) is 11.5. The van der Waals surface area contributed by atoms with Crippen molar-refractivity contribution in [2.45, 2.75) is 11.3 Å². The van der Waals surface area contributed by atoms with Crippen LogP contribution in [-0.4, -0.2) is 24.9 Å². The number of pyridine rings is 1. The van der Waals surface area contributed by atoms with Crippen LogP contribution in [0.25, 0.3) is 10.7 Å². The Balaban J connectivity index is 1.62. The number of aromatic nitrogens is 2. The highest BCUT2D eigenvalue weighted by molar-refractivity contribution is 7.89. The second kappa shape index (κ2) is 7.40. The minimum Gasteiger partial charge on any atom is -0.254 e. The van der Waals surface area contributed by atoms with Crippen LogP contribution in [-0.2, 0) is 16.4 Å². The van der Waals surface area contributed by atoms with Gasteiger partial charge in [-0.1, -0.05) is 23.7 Å². The molecule has 0 aliphatic carbocycles. The van der Waals surface area contributed by atoms with Gasteiger partial charge in [0.25, 0.3) is 0 Å². The van der Waals surface area contributed by atoms with Gasteiger partial charge < -0.3 is 0 Å². The molecule has 0 amide bonds. The van der Waals surface area contributed by atoms with Crippen molar-refractivity contribution in [3.63, 3.8) is 0 Å². The van der Waals surface area contributed by atoms with E-state index in [2.05, 4.69) is 14.7 Å². The number of sulfonamides is 1. The van der Waals surface area contributed by atoms with Crippen LogP contribution in [0, 0.1) is 0 Å². The topological polar surface area (TPSA) is 72.0 Å². The van der Waals surface area contributed by atoms with Crippen molar-refractivity contribution in [1.29, 1.82) is 0 Å². The van der Waals surface area contributed by atoms with E-state index in [0.29, 0.717) is 11.4 Å². The van der Waals surface area contributed by atoms with Crippen LogP contribution in [0.5, 0.6) is 0 Å². The molecule has 0 aliphatic rings. The van der Waals surface area contributed by atoms with Crippen LogP contribution < -0.4 is 4.72 Å². The maximum atomic E-state index is 12.2. The van der Waals surface area contributed by atoms with Gasteiger partial charge in [-0.05, 0) is 30.3 Å². The fraction of sp³-hybridized carbons (Fsp3) is 0.125. The zero-order valence-electron chi connectivity index (χ0n) is 12.5. The molecular weight excluding hydrogens is 366 g/mol. The van der Waals surface area contributed by atoms with Crippen LogP contribution in [0.3, 0.4) is 0 Å². The molecular formula is C16H14ClN3O2S2. The first-order valence-corrected chi connectivity index (χ1v) is 9.90. The van der Waals surface area contributed by atoms with E-state index in [-0.39, 0.29) is 11.4 Å². The molecule has 3 rings (SSSR count). The maximum Gasteiger partial charge on any atom is 0.240 e. The number of thiazole rings is 1. The number of hydrogen-bond acceptors (Lipinski definition) is 5. The molecule has 1 N–H and O–H groups in total. The van der Waals surface area contributed by atoms with Crippen molar-refractivity contribution < 1.29 is 8.42 Å². The molecule has 0 radical (unpaired) electrons. The lowest BCUT2D eigenvalue weighted by Gasteiger charge is -2.06. The Labute approximate surface area is 149 Å². The standard InChI is InChI=1S/C16H14ClN3O2S2/c17-12-4-3-5-14(10-12)24(21,22)19-9-7-13-11-23-16(20-13)15-6-1-2-8-18-15/h1-6,8,10-11,19H,7,9H2. The van der Waals surface area contributed by atoms with Crippen molar-refractivity contribution in [3.8, 4) is 10.7 Å². The van der Waals surface area contributed by atoms with Gasteiger partial charge in [0.05, 0.1) is 16.3 Å². The van der Waals surface area contributed by atoms with E-state index < -0.39 is 10.0 Å². The zero-order chi connectivity index (χ0) is 17.0. The number of hydrogen-bond donors (Lipinski definition) is 1. The SMILES string of the molecule is O=S(=O)(NCCc1csc(-c2ccccn2)n1)c1cccc(Cl)c1. The fourth-order valence-corrected chi connectivity index (χ4v) is 4.22. The zero-order valence-corrected chi connectivity index (χ0v) is 14.9. The monoisotopic (exact) mass is 379 g/mol. The third-order valence-electron chi connectivity index (χ3n) is 3.22. The van der Waals surface area contributed by atoms with Gasteiger partial charge in [-0.3, -0.25) is 4.98 Å². The summed E-state index contributed by atoms with van der Waals surface area (Å²) >= 11 is 7.33. The minimum atomic E-state index is -3.57. The highest BCUT2D eigenvalue weighted by atomic mass is 35.5. The molecule has 0 unspecified atom stereocenters. The summed E-state index contributed by atoms with van der Waals surface area (Å²) in [5.74, 6) is 0. The molecule has 2 heterocycles. The third-order valence-corrected chi connectivity index (χ3v) is 5.82. The summed E-state index contributed by atoms with van der Waals surface area (Å²) in [5, 5.41) is 3.12. The summed E-state index contributed by atoms with van der Waals surface area (Å²) in [4.78, 5) is 8.90. The van der Waals surface area contributed by atoms with Crippen molar-refractivity contribution in [2.24, 2.45) is 0 Å². The number of benzene rings is 1. The lowest BCUT2D eigenvalue weighted by molar-refractivity contribution is 0.581. The molecule has 5 nitrogen and oxygen atoms in total. The Morgan fingerprint density at radius 1 is 1.17 bits per heavy atom. The molecule has 0 saturated heterocycles. The van der Waals surface area contributed by atoms with Gasteiger partial charge in [-0.25, -0.2) is 18.1 Å². The molecule has 0 spiro atoms. The molecule has 0 aliphatic heterocycles. The molecule has 8 heteroatoms. The number of halogens is 1. The van der Waals surface area contributed by atoms with Crippen LogP contribution in [0.4, 0.5) is 0 Å². The first-order chi connectivity index (χ1) is 11.5. The smallest absolute Gasteiger partial charge is 0.240 e. The summed E-state index contributed by atoms with van der Waals surface area (Å²) in [6, 6.07) is 11.8. The van der Waals surface area contributed by atoms with Crippen LogP contribution in [0.2, 0.25) is 5.02 Å². The number of nitrogens with one attached hydrogen (secondary N) is 1. The molecule has 0 saturated carbocycles. The summed E-state index contributed by atoms with van der Waals surface area (Å²) in [5.41, 5.74) is 1.64. The number of nitrogens with zero attached hydrogens (tertiary/aromatic N) is 2. The largest absolute Gasteiger partial charge is 0.254 e. The van der Waals surface area contributed by atoms with Crippen molar-refractivity contribution >= 4 is 33.0 Å². The van der Waals surface area contributed by atoms with E-state index >= 15 is 0 Å². The van der Waals surface area contributed by atoms with Gasteiger partial charge in [0.1, 0.15) is 5.01 Å². The van der Waals surface area contributed by atoms with Gasteiger partial charge in [-0.2, -0.15) is 0 Å². The fourth-order valence-electron chi connectivity index (χ4n) is 2.06. The van der Waals surface area contributed by atoms with Crippen molar-refractivity contribution in [2.75, 3.05) is 6.54 Å². The quantitative estimate of drug-likeness (QED) is 0.712. The van der Waals surface area contributed by atoms with Gasteiger partial charge in [0.15, 0.2) is 0 Å². The van der Waals surface area contributed by atoms with E-state index in [4.69, 9.17) is 11.6 Å². The van der Waals surface area contributed by atoms with Crippen LogP contribution in [0.15, 0.2) is 58.9 Å². The second-order valence-corrected chi connectivity index (χ2v) is 8.03. The third kappa shape index (κ3) is 4.18. The van der Waals surface area contributed by atoms with Crippen molar-refractivity contribution in [1.82, 2.24) is 14.7 Å². The minimum absolute atomic E-state index is 0.155. The predicted molar refractivity (Wildman–Crippen MR) is 95.7 cm³/mol. The Kier molecular flexibility index (Phi) is 5.25. The highest BCUT2D eigenvalue weighted by Crippen LogP contribution is 2.21. The Morgan fingerprint density at radius 3 is 2.79 bits per heavy atom. The highest BCUT2D eigenvalue weighted by Gasteiger charge is 2.14. The van der Waals surface area contributed by atoms with Gasteiger partial charge >= 0.3 is 0 Å². The molecule has 0 atom stereocenters. The number of rotatable bonds is 6. The molecule has 3 aromatic rings. The van der Waals surface area contributed by atoms with E-state index in [1.54, 1.807) is 18.3 Å². The summed E-state index contributed by atoms with van der Waals surface area (Å²) in [7, 11) is -3.57. The predicted octanol–water partition coefficient (Wildman–Crippen LogP) is 3.38. The summed E-state index contributed by atoms with van der Waals surface area (Å²) < 4.78 is 27.0. The van der Waals surface area contributed by atoms with Crippen molar-refractivity contribution in [3.05, 3.63) is 64.8 Å². The first-order valence-electron chi connectivity index (χ1n) is 7.16. The average Bonchev–Trinajstić information content (AvgIpc) is 3.04. The van der Waals surface area contributed by atoms with Gasteiger partial charge in [0.2, 0.25) is 10.0 Å². The Morgan fingerprint density at radius 2 is 2.04 bits per heavy atom. The van der Waals surface area contributed by atoms with Gasteiger partial charge in [0, 0.05) is 29.6 Å². The lowest BCUT2D eigenvalue weighted by Crippen LogP contribution is -2.26. The first kappa shape index (κ1) is 17.0. The van der Waals surface area contributed by atoms with Crippen LogP contribution in [0.1, 0.15) is 5.69 Å². The summed E-state index contributed by atoms with van der Waals surface area (Å²) in [6.07, 6.45) is 2.22. The van der Waals surface area contributed by atoms with Crippen LogP contribution >= 0.6 is 22.9 Å². The average molecular weight is 380 g/mol. The van der Waals surface area contributed by atoms with E-state index in [9.17, 15) is 8.42 Å². The maximum absolute atomic E-state index is 12.2. The van der Waals surface area contributed by atoms with E-state index in [1.807, 2.05) is 23.6 Å². The second-order valence-electron chi connectivity index (χ2n) is 4.96. The summed E-state index contributed by atoms with van der Waals surface area (Å²) in [6.45, 7) is 0.264. The molecule has 0 bridgehead atoms. The molecule has 124 valence electrons. The Bertz CT molecular complexity index is 927. The molecule has 24 heavy (non-hydrogen) atoms. The lowest BCUT2D eigenvalue weighted by atomic mass is 10.3. The molecule has 1 aromatic carbocycles. The molecule has 0 fully saturated rings. The van der Waals surface area contributed by atoms with E-state index in [1.165, 1.54) is 23.5 Å². The molecule has 2 aromatic heterocycles. The van der Waals surface area contributed by atoms with Gasteiger partial charge in [-0.15, -0.1) is 11.3 Å².